The van der Waals surface area contributed by atoms with Gasteiger partial charge in [-0.25, -0.2) is 4.79 Å². The molecule has 28 heavy (non-hydrogen) atoms. The van der Waals surface area contributed by atoms with Crippen molar-refractivity contribution in [2.75, 3.05) is 32.7 Å². The molecule has 0 atom stereocenters. The number of hydrogen-bond acceptors (Lipinski definition) is 4. The first kappa shape index (κ1) is 18.9. The molecule has 2 N–H and O–H groups in total. The number of urea groups is 1. The summed E-state index contributed by atoms with van der Waals surface area (Å²) in [7, 11) is 0. The van der Waals surface area contributed by atoms with Crippen LogP contribution in [0.15, 0.2) is 24.3 Å². The number of benzene rings is 1. The van der Waals surface area contributed by atoms with Crippen molar-refractivity contribution in [1.29, 1.82) is 0 Å². The average molecular weight is 384 g/mol. The molecule has 0 aromatic heterocycles. The lowest BCUT2D eigenvalue weighted by atomic mass is 9.93. The molecule has 3 fully saturated rings. The molecule has 1 aromatic rings. The van der Waals surface area contributed by atoms with Crippen LogP contribution in [0.1, 0.15) is 36.8 Å². The Hall–Kier alpha value is -2.41. The zero-order chi connectivity index (χ0) is 19.7. The van der Waals surface area contributed by atoms with Gasteiger partial charge in [-0.1, -0.05) is 29.8 Å². The molecule has 150 valence electrons. The van der Waals surface area contributed by atoms with E-state index in [0.717, 1.165) is 37.4 Å². The van der Waals surface area contributed by atoms with Gasteiger partial charge in [0, 0.05) is 31.1 Å². The van der Waals surface area contributed by atoms with Crippen molar-refractivity contribution >= 4 is 17.8 Å². The molecule has 4 rings (SSSR count). The van der Waals surface area contributed by atoms with Gasteiger partial charge < -0.3 is 15.5 Å². The molecule has 2 saturated heterocycles. The molecule has 2 heterocycles. The van der Waals surface area contributed by atoms with Gasteiger partial charge in [0.05, 0.1) is 6.54 Å². The lowest BCUT2D eigenvalue weighted by Crippen LogP contribution is -2.49. The molecule has 4 amide bonds. The molecule has 2 aliphatic heterocycles. The molecule has 0 unspecified atom stereocenters. The van der Waals surface area contributed by atoms with Crippen LogP contribution in [-0.2, 0) is 15.0 Å². The fourth-order valence-corrected chi connectivity index (χ4v) is 4.29. The number of rotatable bonds is 6. The number of piperidine rings is 1. The largest absolute Gasteiger partial charge is 0.352 e. The Morgan fingerprint density at radius 2 is 1.86 bits per heavy atom. The summed E-state index contributed by atoms with van der Waals surface area (Å²) in [5.74, 6) is -0.608. The molecule has 1 aliphatic carbocycles. The third-order valence-electron chi connectivity index (χ3n) is 6.24. The normalized spacial score (nSPS) is 22.2. The Morgan fingerprint density at radius 3 is 2.43 bits per heavy atom. The standard InChI is InChI=1S/C21H28N4O3/c1-15-2-4-16(5-3-15)21(8-9-21)14-24-10-6-17(7-11-24)23-18(26)13-25-19(27)12-22-20(25)28/h2-5,17H,6-14H2,1H3,(H,22,28)(H,23,26). The first-order valence-corrected chi connectivity index (χ1v) is 10.1. The molecular formula is C21H28N4O3. The van der Waals surface area contributed by atoms with E-state index in [0.29, 0.717) is 5.41 Å². The maximum atomic E-state index is 12.2. The van der Waals surface area contributed by atoms with Crippen LogP contribution >= 0.6 is 0 Å². The van der Waals surface area contributed by atoms with E-state index in [9.17, 15) is 14.4 Å². The lowest BCUT2D eigenvalue weighted by Gasteiger charge is -2.35. The maximum Gasteiger partial charge on any atom is 0.325 e. The fourth-order valence-electron chi connectivity index (χ4n) is 4.29. The number of carbonyl (C=O) groups excluding carboxylic acids is 3. The summed E-state index contributed by atoms with van der Waals surface area (Å²) >= 11 is 0. The topological polar surface area (TPSA) is 81.8 Å². The highest BCUT2D eigenvalue weighted by Gasteiger charge is 2.45. The number of likely N-dealkylation sites (tertiary alicyclic amines) is 1. The van der Waals surface area contributed by atoms with E-state index >= 15 is 0 Å². The number of hydrogen-bond donors (Lipinski definition) is 2. The maximum absolute atomic E-state index is 12.2. The summed E-state index contributed by atoms with van der Waals surface area (Å²) < 4.78 is 0. The van der Waals surface area contributed by atoms with Crippen LogP contribution in [0.4, 0.5) is 4.79 Å². The molecule has 3 aliphatic rings. The number of amides is 4. The van der Waals surface area contributed by atoms with Gasteiger partial charge in [-0.2, -0.15) is 0 Å². The van der Waals surface area contributed by atoms with E-state index in [2.05, 4.69) is 46.7 Å². The van der Waals surface area contributed by atoms with Crippen LogP contribution in [0.3, 0.4) is 0 Å². The predicted molar refractivity (Wildman–Crippen MR) is 105 cm³/mol. The van der Waals surface area contributed by atoms with Crippen LogP contribution in [0.2, 0.25) is 0 Å². The highest BCUT2D eigenvalue weighted by Crippen LogP contribution is 2.49. The van der Waals surface area contributed by atoms with Gasteiger partial charge in [0.25, 0.3) is 5.91 Å². The van der Waals surface area contributed by atoms with Gasteiger partial charge in [0.15, 0.2) is 0 Å². The number of nitrogens with one attached hydrogen (secondary N) is 2. The summed E-state index contributed by atoms with van der Waals surface area (Å²) in [5, 5.41) is 5.41. The second-order valence-corrected chi connectivity index (χ2v) is 8.40. The minimum Gasteiger partial charge on any atom is -0.352 e. The van der Waals surface area contributed by atoms with Gasteiger partial charge in [0.1, 0.15) is 6.54 Å². The first-order chi connectivity index (χ1) is 13.4. The summed E-state index contributed by atoms with van der Waals surface area (Å²) in [6, 6.07) is 8.56. The van der Waals surface area contributed by atoms with E-state index in [1.807, 2.05) is 0 Å². The minimum absolute atomic E-state index is 0.0206. The van der Waals surface area contributed by atoms with Gasteiger partial charge in [0.2, 0.25) is 5.91 Å². The third kappa shape index (κ3) is 4.04. The second kappa shape index (κ2) is 7.54. The highest BCUT2D eigenvalue weighted by atomic mass is 16.2. The number of nitrogens with zero attached hydrogens (tertiary/aromatic N) is 2. The summed E-state index contributed by atoms with van der Waals surface area (Å²) in [5.41, 5.74) is 3.05. The van der Waals surface area contributed by atoms with Crippen molar-refractivity contribution in [3.8, 4) is 0 Å². The van der Waals surface area contributed by atoms with Crippen LogP contribution in [0, 0.1) is 6.92 Å². The quantitative estimate of drug-likeness (QED) is 0.721. The summed E-state index contributed by atoms with van der Waals surface area (Å²) in [6.45, 7) is 4.91. The zero-order valence-electron chi connectivity index (χ0n) is 16.4. The SMILES string of the molecule is Cc1ccc(C2(CN3CCC(NC(=O)CN4C(=O)CNC4=O)CC3)CC2)cc1. The van der Waals surface area contributed by atoms with Crippen molar-refractivity contribution in [1.82, 2.24) is 20.4 Å². The van der Waals surface area contributed by atoms with Crippen LogP contribution in [0.5, 0.6) is 0 Å². The molecule has 7 heteroatoms. The Balaban J connectivity index is 1.24. The Labute approximate surface area is 165 Å². The van der Waals surface area contributed by atoms with Crippen LogP contribution in [0.25, 0.3) is 0 Å². The number of carbonyl (C=O) groups is 3. The van der Waals surface area contributed by atoms with E-state index in [4.69, 9.17) is 0 Å². The van der Waals surface area contributed by atoms with Crippen LogP contribution in [-0.4, -0.2) is 66.4 Å². The van der Waals surface area contributed by atoms with Gasteiger partial charge in [-0.3, -0.25) is 14.5 Å². The minimum atomic E-state index is -0.485. The molecule has 7 nitrogen and oxygen atoms in total. The van der Waals surface area contributed by atoms with E-state index in [-0.39, 0.29) is 30.9 Å². The fraction of sp³-hybridized carbons (Fsp3) is 0.571. The summed E-state index contributed by atoms with van der Waals surface area (Å²) in [6.07, 6.45) is 4.29. The Morgan fingerprint density at radius 1 is 1.18 bits per heavy atom. The molecular weight excluding hydrogens is 356 g/mol. The summed E-state index contributed by atoms with van der Waals surface area (Å²) in [4.78, 5) is 38.8. The highest BCUT2D eigenvalue weighted by molar-refractivity contribution is 6.04. The Kier molecular flexibility index (Phi) is 5.10. The van der Waals surface area contributed by atoms with Crippen molar-refractivity contribution in [3.63, 3.8) is 0 Å². The molecule has 0 bridgehead atoms. The predicted octanol–water partition coefficient (Wildman–Crippen LogP) is 1.16. The van der Waals surface area contributed by atoms with Crippen molar-refractivity contribution < 1.29 is 14.4 Å². The zero-order valence-corrected chi connectivity index (χ0v) is 16.4. The van der Waals surface area contributed by atoms with Gasteiger partial charge in [-0.05, 0) is 38.2 Å². The lowest BCUT2D eigenvalue weighted by molar-refractivity contribution is -0.131. The second-order valence-electron chi connectivity index (χ2n) is 8.40. The van der Waals surface area contributed by atoms with Crippen molar-refractivity contribution in [2.24, 2.45) is 0 Å². The van der Waals surface area contributed by atoms with Crippen molar-refractivity contribution in [3.05, 3.63) is 35.4 Å². The van der Waals surface area contributed by atoms with Gasteiger partial charge >= 0.3 is 6.03 Å². The van der Waals surface area contributed by atoms with Crippen molar-refractivity contribution in [2.45, 2.75) is 44.1 Å². The monoisotopic (exact) mass is 384 g/mol. The molecule has 0 radical (unpaired) electrons. The molecule has 0 spiro atoms. The number of aryl methyl sites for hydroxylation is 1. The van der Waals surface area contributed by atoms with E-state index < -0.39 is 6.03 Å². The molecule has 1 aromatic carbocycles. The Bertz CT molecular complexity index is 748. The number of imide groups is 1. The molecule has 1 saturated carbocycles. The third-order valence-corrected chi connectivity index (χ3v) is 6.24. The van der Waals surface area contributed by atoms with E-state index in [1.165, 1.54) is 24.0 Å². The van der Waals surface area contributed by atoms with Crippen LogP contribution < -0.4 is 10.6 Å². The average Bonchev–Trinajstić information content (AvgIpc) is 3.40. The first-order valence-electron chi connectivity index (χ1n) is 10.1. The smallest absolute Gasteiger partial charge is 0.325 e. The van der Waals surface area contributed by atoms with Gasteiger partial charge in [-0.15, -0.1) is 0 Å². The van der Waals surface area contributed by atoms with E-state index in [1.54, 1.807) is 0 Å².